The number of carbonyl (C=O) groups excluding carboxylic acids is 1. The average Bonchev–Trinajstić information content (AvgIpc) is 2.77. The van der Waals surface area contributed by atoms with Crippen LogP contribution in [0.25, 0.3) is 0 Å². The minimum atomic E-state index is -0.156. The third kappa shape index (κ3) is 2.10. The molecule has 4 aliphatic rings. The number of carbonyl (C=O) groups is 1. The molecule has 4 rings (SSSR count). The van der Waals surface area contributed by atoms with Gasteiger partial charge >= 0.3 is 0 Å². The summed E-state index contributed by atoms with van der Waals surface area (Å²) in [5.41, 5.74) is 1.84. The third-order valence-electron chi connectivity index (χ3n) is 9.98. The number of rotatable bonds is 1. The van der Waals surface area contributed by atoms with Crippen LogP contribution in [-0.4, -0.2) is 17.0 Å². The van der Waals surface area contributed by atoms with Gasteiger partial charge in [0.15, 0.2) is 0 Å². The van der Waals surface area contributed by atoms with Crippen LogP contribution in [-0.2, 0) is 4.79 Å². The fourth-order valence-corrected chi connectivity index (χ4v) is 7.97. The van der Waals surface area contributed by atoms with Gasteiger partial charge < -0.3 is 5.11 Å². The van der Waals surface area contributed by atoms with E-state index in [1.807, 2.05) is 6.92 Å². The van der Waals surface area contributed by atoms with Gasteiger partial charge in [-0.3, -0.25) is 4.79 Å². The topological polar surface area (TPSA) is 37.3 Å². The highest BCUT2D eigenvalue weighted by Crippen LogP contribution is 2.71. The van der Waals surface area contributed by atoms with Crippen LogP contribution in [0.5, 0.6) is 0 Å². The molecule has 25 heavy (non-hydrogen) atoms. The van der Waals surface area contributed by atoms with Gasteiger partial charge in [0, 0.05) is 5.41 Å². The predicted octanol–water partition coefficient (Wildman–Crippen LogP) is 5.15. The summed E-state index contributed by atoms with van der Waals surface area (Å²) < 4.78 is 0. The number of ketones is 1. The normalized spacial score (nSPS) is 55.0. The second kappa shape index (κ2) is 5.44. The van der Waals surface area contributed by atoms with Crippen molar-refractivity contribution in [1.82, 2.24) is 0 Å². The molecule has 0 aliphatic heterocycles. The molecular weight excluding hydrogens is 308 g/mol. The number of hydrogen-bond donors (Lipinski definition) is 1. The first kappa shape index (κ1) is 17.8. The Morgan fingerprint density at radius 1 is 1.16 bits per heavy atom. The number of fused-ring (bicyclic) bond motifs is 5. The van der Waals surface area contributed by atoms with Crippen molar-refractivity contribution in [2.45, 2.75) is 85.7 Å². The maximum absolute atomic E-state index is 12.7. The molecule has 140 valence electrons. The van der Waals surface area contributed by atoms with Crippen LogP contribution < -0.4 is 0 Å². The number of Topliss-reactive ketones (excluding diaryl/α,β-unsaturated/α-hetero) is 1. The molecule has 0 aromatic heterocycles. The highest BCUT2D eigenvalue weighted by atomic mass is 16.3. The summed E-state index contributed by atoms with van der Waals surface area (Å²) in [5, 5.41) is 10.1. The Balaban J connectivity index is 1.72. The lowest BCUT2D eigenvalue weighted by Crippen LogP contribution is -2.53. The number of allylic oxidation sites excluding steroid dienone is 1. The van der Waals surface area contributed by atoms with E-state index in [0.29, 0.717) is 23.0 Å². The van der Waals surface area contributed by atoms with Gasteiger partial charge in [0.25, 0.3) is 0 Å². The van der Waals surface area contributed by atoms with Crippen LogP contribution in [0, 0.1) is 39.9 Å². The van der Waals surface area contributed by atoms with Crippen molar-refractivity contribution in [1.29, 1.82) is 0 Å². The minimum absolute atomic E-state index is 0.128. The lowest BCUT2D eigenvalue weighted by molar-refractivity contribution is -0.140. The summed E-state index contributed by atoms with van der Waals surface area (Å²) in [6.45, 7) is 11.3. The van der Waals surface area contributed by atoms with Crippen LogP contribution >= 0.6 is 0 Å². The predicted molar refractivity (Wildman–Crippen MR) is 101 cm³/mol. The molecule has 4 aliphatic carbocycles. The molecule has 3 saturated carbocycles. The molecule has 0 saturated heterocycles. The molecule has 0 bridgehead atoms. The summed E-state index contributed by atoms with van der Waals surface area (Å²) >= 11 is 0. The Morgan fingerprint density at radius 2 is 1.88 bits per heavy atom. The van der Waals surface area contributed by atoms with E-state index in [1.165, 1.54) is 31.3 Å². The number of aliphatic hydroxyl groups excluding tert-OH is 1. The zero-order valence-electron chi connectivity index (χ0n) is 16.8. The first-order valence-electron chi connectivity index (χ1n) is 10.5. The molecule has 3 unspecified atom stereocenters. The van der Waals surface area contributed by atoms with E-state index in [4.69, 9.17) is 0 Å². The SMILES string of the molecule is CC(=O)[C@@]1(C)[C@H](C)CC2C3CC=C4C[C@@H](O)CC[C@]4(C)C3CC[C@@]21C. The highest BCUT2D eigenvalue weighted by Gasteiger charge is 2.66. The number of hydrogen-bond acceptors (Lipinski definition) is 2. The van der Waals surface area contributed by atoms with Crippen molar-refractivity contribution in [2.75, 3.05) is 0 Å². The van der Waals surface area contributed by atoms with Crippen molar-refractivity contribution in [3.8, 4) is 0 Å². The lowest BCUT2D eigenvalue weighted by Gasteiger charge is -2.59. The molecule has 2 nitrogen and oxygen atoms in total. The Kier molecular flexibility index (Phi) is 3.87. The standard InChI is InChI=1S/C23H36O2/c1-14-12-20-18-7-6-16-13-17(25)8-10-21(16,3)19(18)9-11-22(20,4)23(14,5)15(2)24/h6,14,17-20,25H,7-13H2,1-5H3/t14-,17+,18?,19?,20?,21+,22+,23-/m1/s1. The molecule has 0 amide bonds. The molecule has 0 radical (unpaired) electrons. The van der Waals surface area contributed by atoms with Crippen LogP contribution in [0.1, 0.15) is 79.6 Å². The van der Waals surface area contributed by atoms with Crippen LogP contribution in [0.15, 0.2) is 11.6 Å². The van der Waals surface area contributed by atoms with Gasteiger partial charge in [0.05, 0.1) is 6.10 Å². The van der Waals surface area contributed by atoms with E-state index in [1.54, 1.807) is 0 Å². The summed E-state index contributed by atoms with van der Waals surface area (Å²) in [6, 6.07) is 0. The summed E-state index contributed by atoms with van der Waals surface area (Å²) in [7, 11) is 0. The molecule has 1 N–H and O–H groups in total. The van der Waals surface area contributed by atoms with Crippen LogP contribution in [0.2, 0.25) is 0 Å². The van der Waals surface area contributed by atoms with Gasteiger partial charge in [-0.25, -0.2) is 0 Å². The fourth-order valence-electron chi connectivity index (χ4n) is 7.97. The summed E-state index contributed by atoms with van der Waals surface area (Å²) in [4.78, 5) is 12.7. The summed E-state index contributed by atoms with van der Waals surface area (Å²) in [6.07, 6.45) is 10.2. The van der Waals surface area contributed by atoms with E-state index in [2.05, 4.69) is 33.8 Å². The quantitative estimate of drug-likeness (QED) is 0.668. The molecule has 0 spiro atoms. The average molecular weight is 345 g/mol. The van der Waals surface area contributed by atoms with Gasteiger partial charge in [0.2, 0.25) is 0 Å². The van der Waals surface area contributed by atoms with E-state index >= 15 is 0 Å². The molecule has 0 aromatic carbocycles. The van der Waals surface area contributed by atoms with Crippen molar-refractivity contribution >= 4 is 5.78 Å². The van der Waals surface area contributed by atoms with E-state index in [0.717, 1.165) is 31.1 Å². The summed E-state index contributed by atoms with van der Waals surface area (Å²) in [5.74, 6) is 3.05. The molecule has 0 aromatic rings. The first-order chi connectivity index (χ1) is 11.6. The zero-order chi connectivity index (χ0) is 18.2. The van der Waals surface area contributed by atoms with Crippen LogP contribution in [0.4, 0.5) is 0 Å². The molecule has 2 heteroatoms. The Bertz CT molecular complexity index is 622. The first-order valence-corrected chi connectivity index (χ1v) is 10.5. The molecule has 0 heterocycles. The maximum atomic E-state index is 12.7. The van der Waals surface area contributed by atoms with Crippen molar-refractivity contribution < 1.29 is 9.90 Å². The van der Waals surface area contributed by atoms with E-state index in [9.17, 15) is 9.90 Å². The second-order valence-electron chi connectivity index (χ2n) is 10.5. The van der Waals surface area contributed by atoms with Crippen molar-refractivity contribution in [2.24, 2.45) is 39.9 Å². The van der Waals surface area contributed by atoms with Crippen LogP contribution in [0.3, 0.4) is 0 Å². The van der Waals surface area contributed by atoms with Crippen molar-refractivity contribution in [3.63, 3.8) is 0 Å². The molecule has 8 atom stereocenters. The maximum Gasteiger partial charge on any atom is 0.136 e. The number of aliphatic hydroxyl groups is 1. The van der Waals surface area contributed by atoms with Gasteiger partial charge in [0.1, 0.15) is 5.78 Å². The highest BCUT2D eigenvalue weighted by molar-refractivity contribution is 5.83. The smallest absolute Gasteiger partial charge is 0.136 e. The Hall–Kier alpha value is -0.630. The van der Waals surface area contributed by atoms with Gasteiger partial charge in [-0.2, -0.15) is 0 Å². The van der Waals surface area contributed by atoms with E-state index in [-0.39, 0.29) is 16.9 Å². The molecule has 3 fully saturated rings. The van der Waals surface area contributed by atoms with Gasteiger partial charge in [-0.1, -0.05) is 39.3 Å². The second-order valence-corrected chi connectivity index (χ2v) is 10.5. The zero-order valence-corrected chi connectivity index (χ0v) is 16.8. The third-order valence-corrected chi connectivity index (χ3v) is 9.98. The largest absolute Gasteiger partial charge is 0.393 e. The monoisotopic (exact) mass is 344 g/mol. The minimum Gasteiger partial charge on any atom is -0.393 e. The van der Waals surface area contributed by atoms with Gasteiger partial charge in [-0.15, -0.1) is 0 Å². The fraction of sp³-hybridized carbons (Fsp3) is 0.870. The molecular formula is C23H36O2. The Labute approximate surface area is 153 Å². The van der Waals surface area contributed by atoms with E-state index < -0.39 is 0 Å². The van der Waals surface area contributed by atoms with Crippen molar-refractivity contribution in [3.05, 3.63) is 11.6 Å². The lowest BCUT2D eigenvalue weighted by atomic mass is 9.45. The Morgan fingerprint density at radius 3 is 2.56 bits per heavy atom. The van der Waals surface area contributed by atoms with Gasteiger partial charge in [-0.05, 0) is 86.4 Å².